The summed E-state index contributed by atoms with van der Waals surface area (Å²) < 4.78 is 17.7. The van der Waals surface area contributed by atoms with Crippen LogP contribution in [0.4, 0.5) is 11.4 Å². The van der Waals surface area contributed by atoms with Crippen LogP contribution in [-0.4, -0.2) is 108 Å². The summed E-state index contributed by atoms with van der Waals surface area (Å²) in [6, 6.07) is 11.8. The molecule has 3 aromatic rings. The first-order chi connectivity index (χ1) is 20.9. The van der Waals surface area contributed by atoms with Crippen molar-refractivity contribution in [2.45, 2.75) is 45.3 Å². The third kappa shape index (κ3) is 8.68. The van der Waals surface area contributed by atoms with Gasteiger partial charge in [0.1, 0.15) is 17.2 Å². The Morgan fingerprint density at radius 2 is 1.66 bits per heavy atom. The molecule has 240 valence electrons. The highest BCUT2D eigenvalue weighted by atomic mass is 28.4. The number of piperazine rings is 1. The van der Waals surface area contributed by atoms with Gasteiger partial charge in [0.25, 0.3) is 5.91 Å². The maximum absolute atomic E-state index is 13.0. The average Bonchev–Trinajstić information content (AvgIpc) is 3.00. The van der Waals surface area contributed by atoms with Gasteiger partial charge in [-0.2, -0.15) is 0 Å². The minimum absolute atomic E-state index is 0.108. The van der Waals surface area contributed by atoms with E-state index in [2.05, 4.69) is 65.9 Å². The lowest BCUT2D eigenvalue weighted by Gasteiger charge is -2.37. The Morgan fingerprint density at radius 1 is 0.977 bits per heavy atom. The van der Waals surface area contributed by atoms with Crippen LogP contribution < -0.4 is 19.7 Å². The molecule has 1 N–H and O–H groups in total. The monoisotopic (exact) mass is 622 g/mol. The number of aromatic nitrogens is 2. The van der Waals surface area contributed by atoms with Crippen molar-refractivity contribution in [3.63, 3.8) is 0 Å². The van der Waals surface area contributed by atoms with Gasteiger partial charge < -0.3 is 33.9 Å². The Morgan fingerprint density at radius 3 is 2.30 bits per heavy atom. The maximum Gasteiger partial charge on any atom is 0.271 e. The van der Waals surface area contributed by atoms with E-state index in [1.807, 2.05) is 36.4 Å². The molecule has 0 spiro atoms. The minimum Gasteiger partial charge on any atom is -0.497 e. The van der Waals surface area contributed by atoms with Gasteiger partial charge in [-0.1, -0.05) is 20.8 Å². The molecule has 11 heteroatoms. The predicted molar refractivity (Wildman–Crippen MR) is 180 cm³/mol. The van der Waals surface area contributed by atoms with Gasteiger partial charge in [0.2, 0.25) is 0 Å². The second kappa shape index (κ2) is 14.7. The first kappa shape index (κ1) is 33.6. The second-order valence-corrected chi connectivity index (χ2v) is 17.8. The fourth-order valence-electron chi connectivity index (χ4n) is 4.91. The minimum atomic E-state index is -1.95. The lowest BCUT2D eigenvalue weighted by atomic mass is 10.2. The quantitative estimate of drug-likeness (QED) is 0.205. The Labute approximate surface area is 263 Å². The summed E-state index contributed by atoms with van der Waals surface area (Å²) in [5.74, 6) is 1.18. The second-order valence-electron chi connectivity index (χ2n) is 13.0. The number of likely N-dealkylation sites (N-methyl/N-ethyl adjacent to an activating group) is 1. The molecule has 44 heavy (non-hydrogen) atoms. The van der Waals surface area contributed by atoms with Crippen molar-refractivity contribution in [3.05, 3.63) is 48.3 Å². The molecule has 1 amide bonds. The molecule has 1 aliphatic rings. The number of hydrogen-bond donors (Lipinski definition) is 1. The van der Waals surface area contributed by atoms with E-state index in [9.17, 15) is 4.79 Å². The van der Waals surface area contributed by atoms with Crippen LogP contribution in [0.2, 0.25) is 18.1 Å². The molecular weight excluding hydrogens is 572 g/mol. The highest BCUT2D eigenvalue weighted by molar-refractivity contribution is 6.74. The molecule has 0 unspecified atom stereocenters. The molecule has 4 rings (SSSR count). The smallest absolute Gasteiger partial charge is 0.271 e. The Kier molecular flexibility index (Phi) is 11.2. The topological polar surface area (TPSA) is 92.3 Å². The largest absolute Gasteiger partial charge is 0.497 e. The van der Waals surface area contributed by atoms with Crippen LogP contribution in [0.3, 0.4) is 0 Å². The van der Waals surface area contributed by atoms with Crippen LogP contribution in [0, 0.1) is 0 Å². The third-order valence-corrected chi connectivity index (χ3v) is 13.4. The van der Waals surface area contributed by atoms with Crippen molar-refractivity contribution in [1.29, 1.82) is 0 Å². The van der Waals surface area contributed by atoms with E-state index in [1.54, 1.807) is 20.4 Å². The van der Waals surface area contributed by atoms with Gasteiger partial charge in [0.15, 0.2) is 8.32 Å². The van der Waals surface area contributed by atoms with Crippen LogP contribution in [0.1, 0.15) is 37.7 Å². The number of carbonyl (C=O) groups is 1. The number of nitrogens with one attached hydrogen (secondary N) is 1. The van der Waals surface area contributed by atoms with E-state index in [4.69, 9.17) is 18.9 Å². The number of anilines is 2. The molecule has 2 heterocycles. The number of amides is 1. The summed E-state index contributed by atoms with van der Waals surface area (Å²) in [5, 5.41) is 3.13. The summed E-state index contributed by atoms with van der Waals surface area (Å²) in [6.07, 6.45) is 2.45. The third-order valence-electron chi connectivity index (χ3n) is 8.83. The van der Waals surface area contributed by atoms with Crippen molar-refractivity contribution in [1.82, 2.24) is 25.1 Å². The zero-order valence-corrected chi connectivity index (χ0v) is 28.8. The standard InChI is InChI=1S/C33H50N6O4Si/c1-33(2,3)44(7,8)43-19-18-39(26-20-27(41-5)23-28(21-26)42-6)25-10-11-29-30(22-25)36-31(24-35-29)32(40)34-12-9-13-38-16-14-37(4)15-17-38/h10-11,20-24H,9,12-19H2,1-8H3,(H,34,40). The summed E-state index contributed by atoms with van der Waals surface area (Å²) in [5.41, 5.74) is 3.50. The van der Waals surface area contributed by atoms with Crippen molar-refractivity contribution in [2.75, 3.05) is 78.6 Å². The summed E-state index contributed by atoms with van der Waals surface area (Å²) in [4.78, 5) is 29.2. The molecular formula is C33H50N6O4Si. The number of nitrogens with zero attached hydrogens (tertiary/aromatic N) is 5. The van der Waals surface area contributed by atoms with Gasteiger partial charge in [-0.05, 0) is 56.3 Å². The van der Waals surface area contributed by atoms with Crippen molar-refractivity contribution >= 4 is 36.6 Å². The number of carbonyl (C=O) groups excluding carboxylic acids is 1. The first-order valence-corrected chi connectivity index (χ1v) is 18.4. The summed E-state index contributed by atoms with van der Waals surface area (Å²) in [6.45, 7) is 18.3. The number of rotatable bonds is 13. The number of fused-ring (bicyclic) bond motifs is 1. The zero-order valence-electron chi connectivity index (χ0n) is 27.8. The van der Waals surface area contributed by atoms with Gasteiger partial charge in [0, 0.05) is 68.8 Å². The average molecular weight is 623 g/mol. The van der Waals surface area contributed by atoms with E-state index in [0.717, 1.165) is 56.0 Å². The summed E-state index contributed by atoms with van der Waals surface area (Å²) in [7, 11) is 3.50. The van der Waals surface area contributed by atoms with Crippen molar-refractivity contribution in [3.8, 4) is 11.5 Å². The fraction of sp³-hybridized carbons (Fsp3) is 0.545. The molecule has 0 bridgehead atoms. The number of ether oxygens (including phenoxy) is 2. The molecule has 1 aliphatic heterocycles. The fourth-order valence-corrected chi connectivity index (χ4v) is 5.94. The summed E-state index contributed by atoms with van der Waals surface area (Å²) >= 11 is 0. The van der Waals surface area contributed by atoms with E-state index in [0.29, 0.717) is 42.4 Å². The van der Waals surface area contributed by atoms with Crippen molar-refractivity contribution in [2.24, 2.45) is 0 Å². The highest BCUT2D eigenvalue weighted by Gasteiger charge is 2.37. The number of benzene rings is 2. The van der Waals surface area contributed by atoms with Gasteiger partial charge in [-0.25, -0.2) is 4.98 Å². The van der Waals surface area contributed by atoms with Crippen LogP contribution in [0.15, 0.2) is 42.6 Å². The van der Waals surface area contributed by atoms with Gasteiger partial charge in [0.05, 0.1) is 38.1 Å². The maximum atomic E-state index is 13.0. The normalized spacial score (nSPS) is 14.9. The SMILES string of the molecule is COc1cc(OC)cc(N(CCO[Si](C)(C)C(C)(C)C)c2ccc3ncc(C(=O)NCCCN4CCN(C)CC4)nc3c2)c1. The van der Waals surface area contributed by atoms with Gasteiger partial charge >= 0.3 is 0 Å². The van der Waals surface area contributed by atoms with Crippen LogP contribution in [0.5, 0.6) is 11.5 Å². The Bertz CT molecular complexity index is 1380. The molecule has 0 radical (unpaired) electrons. The van der Waals surface area contributed by atoms with E-state index in [-0.39, 0.29) is 10.9 Å². The lowest BCUT2D eigenvalue weighted by molar-refractivity contribution is 0.0944. The Balaban J connectivity index is 1.53. The Hall–Kier alpha value is -3.25. The van der Waals surface area contributed by atoms with Gasteiger partial charge in [-0.3, -0.25) is 9.78 Å². The van der Waals surface area contributed by atoms with E-state index < -0.39 is 8.32 Å². The van der Waals surface area contributed by atoms with Gasteiger partial charge in [-0.15, -0.1) is 0 Å². The lowest BCUT2D eigenvalue weighted by Crippen LogP contribution is -2.45. The molecule has 10 nitrogen and oxygen atoms in total. The highest BCUT2D eigenvalue weighted by Crippen LogP contribution is 2.37. The molecule has 0 aliphatic carbocycles. The molecule has 1 saturated heterocycles. The molecule has 0 saturated carbocycles. The van der Waals surface area contributed by atoms with Crippen molar-refractivity contribution < 1.29 is 18.7 Å². The van der Waals surface area contributed by atoms with Crippen LogP contribution >= 0.6 is 0 Å². The zero-order chi connectivity index (χ0) is 31.9. The van der Waals surface area contributed by atoms with Crippen LogP contribution in [-0.2, 0) is 4.43 Å². The molecule has 2 aromatic carbocycles. The number of methoxy groups -OCH3 is 2. The van der Waals surface area contributed by atoms with E-state index >= 15 is 0 Å². The van der Waals surface area contributed by atoms with E-state index in [1.165, 1.54) is 0 Å². The molecule has 0 atom stereocenters. The first-order valence-electron chi connectivity index (χ1n) is 15.5. The predicted octanol–water partition coefficient (Wildman–Crippen LogP) is 5.17. The molecule has 1 fully saturated rings. The molecule has 1 aromatic heterocycles. The number of hydrogen-bond acceptors (Lipinski definition) is 9. The van der Waals surface area contributed by atoms with Crippen LogP contribution in [0.25, 0.3) is 11.0 Å².